The second-order valence-corrected chi connectivity index (χ2v) is 25.2. The average molecular weight is 1270 g/mol. The van der Waals surface area contributed by atoms with Crippen molar-refractivity contribution in [2.45, 2.75) is 19.3 Å². The van der Waals surface area contributed by atoms with E-state index < -0.39 is 0 Å². The molecular weight excluding hydrogens is 1210 g/mol. The Hall–Kier alpha value is -13.1. The van der Waals surface area contributed by atoms with Crippen molar-refractivity contribution in [3.8, 4) is 120 Å². The van der Waals surface area contributed by atoms with Crippen molar-refractivity contribution in [3.05, 3.63) is 321 Å². The summed E-state index contributed by atoms with van der Waals surface area (Å²) in [5, 5.41) is 2.44. The molecule has 11 heteroatoms. The maximum absolute atomic E-state index is 6.26. The maximum atomic E-state index is 6.26. The summed E-state index contributed by atoms with van der Waals surface area (Å²) >= 11 is 0. The van der Waals surface area contributed by atoms with E-state index in [1.54, 1.807) is 0 Å². The third-order valence-corrected chi connectivity index (χ3v) is 18.9. The van der Waals surface area contributed by atoms with E-state index in [2.05, 4.69) is 180 Å². The second-order valence-electron chi connectivity index (χ2n) is 25.2. The molecule has 0 atom stereocenters. The molecule has 0 bridgehead atoms. The Morgan fingerprint density at radius 3 is 1.11 bits per heavy atom. The molecule has 0 saturated heterocycles. The number of fused-ring (bicyclic) bond motifs is 14. The topological polar surface area (TPSA) is 85.3 Å². The Bertz CT molecular complexity index is 5490. The monoisotopic (exact) mass is 1270 g/mol. The van der Waals surface area contributed by atoms with E-state index in [1.807, 2.05) is 158 Å². The maximum Gasteiger partial charge on any atom is 0.172 e. The molecule has 0 fully saturated rings. The zero-order chi connectivity index (χ0) is 65.0. The van der Waals surface area contributed by atoms with Gasteiger partial charge in [0.25, 0.3) is 0 Å². The van der Waals surface area contributed by atoms with E-state index in [-0.39, 0.29) is 5.41 Å². The van der Waals surface area contributed by atoms with Crippen LogP contribution in [0.2, 0.25) is 0 Å². The molecular formula is C87H57N3O8. The highest BCUT2D eigenvalue weighted by Gasteiger charge is 2.36. The van der Waals surface area contributed by atoms with Gasteiger partial charge in [-0.1, -0.05) is 147 Å². The fourth-order valence-electron chi connectivity index (χ4n) is 14.2. The van der Waals surface area contributed by atoms with Crippen LogP contribution in [0.15, 0.2) is 309 Å². The highest BCUT2D eigenvalue weighted by molar-refractivity contribution is 6.11. The molecule has 4 aliphatic heterocycles. The Labute approximate surface area is 564 Å². The number of hydrogen-bond donors (Lipinski definition) is 0. The molecule has 20 rings (SSSR count). The minimum Gasteiger partial charge on any atom is -0.450 e. The first-order valence-corrected chi connectivity index (χ1v) is 32.7. The van der Waals surface area contributed by atoms with Gasteiger partial charge in [0.15, 0.2) is 92.0 Å². The van der Waals surface area contributed by atoms with Gasteiger partial charge in [-0.2, -0.15) is 0 Å². The lowest BCUT2D eigenvalue weighted by Crippen LogP contribution is -2.16. The summed E-state index contributed by atoms with van der Waals surface area (Å²) in [4.78, 5) is 4.50. The SMILES string of the molecule is CC1(C)c2ccccc2-c2ccc(N(c3ccc(-c4ccc5c(c4)Oc4ccccc4O5)cc3)c3ccc4c(c3)c3ccccc3n4-c3ccccc3)cc21.c1ccc2c(c1)Oc1ccc(N(c3ccc4c(c3)Oc3ccccc3O4)c3ccc4c(c3)Oc3ccccc3O4)cc1O2. The zero-order valence-corrected chi connectivity index (χ0v) is 53.1. The minimum absolute atomic E-state index is 0.122. The molecule has 5 aliphatic rings. The van der Waals surface area contributed by atoms with E-state index in [4.69, 9.17) is 37.9 Å². The Morgan fingerprint density at radius 1 is 0.235 bits per heavy atom. The van der Waals surface area contributed by atoms with E-state index in [1.165, 1.54) is 44.1 Å². The van der Waals surface area contributed by atoms with Crippen LogP contribution in [-0.4, -0.2) is 4.57 Å². The van der Waals surface area contributed by atoms with Crippen LogP contribution < -0.4 is 47.7 Å². The first kappa shape index (κ1) is 56.4. The van der Waals surface area contributed by atoms with Crippen molar-refractivity contribution in [3.63, 3.8) is 0 Å². The highest BCUT2D eigenvalue weighted by Crippen LogP contribution is 2.55. The van der Waals surface area contributed by atoms with Crippen LogP contribution in [0.1, 0.15) is 25.0 Å². The molecule has 468 valence electrons. The van der Waals surface area contributed by atoms with Gasteiger partial charge >= 0.3 is 0 Å². The van der Waals surface area contributed by atoms with Crippen LogP contribution in [0.5, 0.6) is 92.0 Å². The van der Waals surface area contributed by atoms with Gasteiger partial charge in [0.2, 0.25) is 0 Å². The summed E-state index contributed by atoms with van der Waals surface area (Å²) in [5.74, 6) is 10.7. The van der Waals surface area contributed by atoms with Crippen molar-refractivity contribution in [2.24, 2.45) is 0 Å². The molecule has 5 heterocycles. The summed E-state index contributed by atoms with van der Waals surface area (Å²) in [6.45, 7) is 4.69. The Morgan fingerprint density at radius 2 is 0.582 bits per heavy atom. The van der Waals surface area contributed by atoms with Crippen molar-refractivity contribution in [2.75, 3.05) is 9.80 Å². The standard InChI is InChI=1S/C51H36N2O2.C36H21NO6/c1-51(2)43-16-8-6-14-39(43)40-27-25-38(32-44(40)51)52(37-26-28-46-42(31-37)41-15-7-9-17-45(41)53(46)35-12-4-3-5-13-35)36-23-20-33(21-24-36)34-22-29-49-50(30-34)55-48-19-11-10-18-47(48)54-49;1-4-10-28-25(7-1)38-31-16-13-22(19-34(31)41-28)37(23-14-17-32-35(20-23)42-29-11-5-2-8-26(29)39-32)24-15-18-33-36(21-24)43-30-12-6-3-9-27(30)40-33/h3-32H,1-2H3;1-21H. The lowest BCUT2D eigenvalue weighted by Gasteiger charge is -2.30. The Balaban J connectivity index is 0.000000141. The third kappa shape index (κ3) is 9.58. The quantitative estimate of drug-likeness (QED) is 0.147. The predicted molar refractivity (Wildman–Crippen MR) is 386 cm³/mol. The Kier molecular flexibility index (Phi) is 13.0. The molecule has 0 unspecified atom stereocenters. The van der Waals surface area contributed by atoms with Crippen LogP contribution in [0.3, 0.4) is 0 Å². The summed E-state index contributed by atoms with van der Waals surface area (Å²) in [5.41, 5.74) is 16.7. The molecule has 15 aromatic rings. The summed E-state index contributed by atoms with van der Waals surface area (Å²) in [6, 6.07) is 105. The van der Waals surface area contributed by atoms with Crippen LogP contribution in [0.25, 0.3) is 49.7 Å². The fraction of sp³-hybridized carbons (Fsp3) is 0.0345. The number of benzene rings is 14. The molecule has 0 saturated carbocycles. The molecule has 0 N–H and O–H groups in total. The van der Waals surface area contributed by atoms with Gasteiger partial charge in [-0.3, -0.25) is 0 Å². The number of aromatic nitrogens is 1. The van der Waals surface area contributed by atoms with Gasteiger partial charge in [-0.25, -0.2) is 0 Å². The zero-order valence-electron chi connectivity index (χ0n) is 53.1. The molecule has 11 nitrogen and oxygen atoms in total. The second kappa shape index (κ2) is 22.5. The van der Waals surface area contributed by atoms with E-state index in [9.17, 15) is 0 Å². The summed E-state index contributed by atoms with van der Waals surface area (Å²) < 4.78 is 51.9. The van der Waals surface area contributed by atoms with Gasteiger partial charge in [-0.05, 0) is 191 Å². The fourth-order valence-corrected chi connectivity index (χ4v) is 14.2. The van der Waals surface area contributed by atoms with E-state index in [0.717, 1.165) is 68.2 Å². The molecule has 14 aromatic carbocycles. The lowest BCUT2D eigenvalue weighted by atomic mass is 9.82. The normalized spacial score (nSPS) is 13.1. The van der Waals surface area contributed by atoms with Crippen molar-refractivity contribution < 1.29 is 37.9 Å². The van der Waals surface area contributed by atoms with Crippen LogP contribution >= 0.6 is 0 Å². The number of para-hydroxylation sites is 10. The van der Waals surface area contributed by atoms with E-state index >= 15 is 0 Å². The summed E-state index contributed by atoms with van der Waals surface area (Å²) in [6.07, 6.45) is 0. The van der Waals surface area contributed by atoms with Gasteiger partial charge in [-0.15, -0.1) is 0 Å². The number of nitrogens with zero attached hydrogens (tertiary/aromatic N) is 3. The molecule has 0 spiro atoms. The van der Waals surface area contributed by atoms with Gasteiger partial charge in [0.05, 0.1) is 28.1 Å². The largest absolute Gasteiger partial charge is 0.450 e. The number of hydrogen-bond acceptors (Lipinski definition) is 10. The van der Waals surface area contributed by atoms with Crippen molar-refractivity contribution in [1.82, 2.24) is 4.57 Å². The number of anilines is 6. The first-order chi connectivity index (χ1) is 48.3. The highest BCUT2D eigenvalue weighted by atomic mass is 16.6. The first-order valence-electron chi connectivity index (χ1n) is 32.7. The minimum atomic E-state index is -0.122. The third-order valence-electron chi connectivity index (χ3n) is 18.9. The van der Waals surface area contributed by atoms with Crippen molar-refractivity contribution in [1.29, 1.82) is 0 Å². The predicted octanol–water partition coefficient (Wildman–Crippen LogP) is 25.0. The molecule has 0 radical (unpaired) electrons. The summed E-state index contributed by atoms with van der Waals surface area (Å²) in [7, 11) is 0. The lowest BCUT2D eigenvalue weighted by molar-refractivity contribution is 0.359. The van der Waals surface area contributed by atoms with Gasteiger partial charge in [0.1, 0.15) is 0 Å². The van der Waals surface area contributed by atoms with Gasteiger partial charge < -0.3 is 52.3 Å². The van der Waals surface area contributed by atoms with Crippen LogP contribution in [-0.2, 0) is 5.41 Å². The number of rotatable bonds is 8. The average Bonchev–Trinajstić information content (AvgIpc) is 1.72. The van der Waals surface area contributed by atoms with Gasteiger partial charge in [0, 0.05) is 57.1 Å². The smallest absolute Gasteiger partial charge is 0.172 e. The molecule has 1 aromatic heterocycles. The van der Waals surface area contributed by atoms with Crippen LogP contribution in [0.4, 0.5) is 34.1 Å². The number of ether oxygens (including phenoxy) is 8. The van der Waals surface area contributed by atoms with Crippen molar-refractivity contribution >= 4 is 55.9 Å². The molecule has 0 amide bonds. The van der Waals surface area contributed by atoms with Crippen LogP contribution in [0, 0.1) is 0 Å². The molecule has 1 aliphatic carbocycles. The molecule has 98 heavy (non-hydrogen) atoms. The van der Waals surface area contributed by atoms with E-state index in [0.29, 0.717) is 74.7 Å².